The van der Waals surface area contributed by atoms with E-state index in [2.05, 4.69) is 31.2 Å². The minimum atomic E-state index is 0.0109. The molecule has 0 spiro atoms. The maximum absolute atomic E-state index is 5.32. The van der Waals surface area contributed by atoms with Gasteiger partial charge in [-0.25, -0.2) is 0 Å². The molecule has 0 aliphatic heterocycles. The number of rotatable bonds is 6. The monoisotopic (exact) mass is 224 g/mol. The van der Waals surface area contributed by atoms with Crippen LogP contribution in [0.3, 0.4) is 0 Å². The summed E-state index contributed by atoms with van der Waals surface area (Å²) in [6.45, 7) is 2.27. The Balaban J connectivity index is 2.09. The van der Waals surface area contributed by atoms with E-state index in [-0.39, 0.29) is 9.52 Å². The molecule has 1 rings (SSSR count). The number of thiocarbonyl (C=S) groups is 1. The van der Waals surface area contributed by atoms with Crippen molar-refractivity contribution in [2.75, 3.05) is 0 Å². The van der Waals surface area contributed by atoms with Crippen molar-refractivity contribution in [3.63, 3.8) is 0 Å². The topological polar surface area (TPSA) is 0 Å². The lowest BCUT2D eigenvalue weighted by Crippen LogP contribution is -2.10. The summed E-state index contributed by atoms with van der Waals surface area (Å²) in [6.07, 6.45) is 14.2. The van der Waals surface area contributed by atoms with Crippen LogP contribution in [0, 0.1) is 0 Å². The molecule has 0 aromatic rings. The van der Waals surface area contributed by atoms with Crippen molar-refractivity contribution in [2.45, 2.75) is 44.2 Å². The smallest absolute Gasteiger partial charge is 0.0346 e. The van der Waals surface area contributed by atoms with Gasteiger partial charge in [-0.05, 0) is 6.08 Å². The van der Waals surface area contributed by atoms with Gasteiger partial charge in [-0.1, -0.05) is 69.1 Å². The number of hydrogen-bond donors (Lipinski definition) is 0. The third-order valence-electron chi connectivity index (χ3n) is 2.70. The van der Waals surface area contributed by atoms with Crippen LogP contribution in [0.15, 0.2) is 24.3 Å². The lowest BCUT2D eigenvalue weighted by molar-refractivity contribution is 0.700. The first-order valence-electron chi connectivity index (χ1n) is 5.73. The highest BCUT2D eigenvalue weighted by Gasteiger charge is 2.10. The van der Waals surface area contributed by atoms with Crippen LogP contribution in [0.4, 0.5) is 0 Å². The largest absolute Gasteiger partial charge is 0.0846 e. The molecule has 0 saturated carbocycles. The Labute approximate surface area is 95.3 Å². The molecule has 14 heavy (non-hydrogen) atoms. The molecule has 0 amide bonds. The number of allylic oxidation sites excluding steroid dienone is 4. The predicted octanol–water partition coefficient (Wildman–Crippen LogP) is 3.44. The fraction of sp³-hybridized carbons (Fsp3) is 0.583. The third-order valence-corrected chi connectivity index (χ3v) is 5.68. The van der Waals surface area contributed by atoms with Crippen LogP contribution in [-0.2, 0) is 0 Å². The summed E-state index contributed by atoms with van der Waals surface area (Å²) in [5.41, 5.74) is 0.677. The van der Waals surface area contributed by atoms with Gasteiger partial charge in [0.05, 0.1) is 0 Å². The molecule has 78 valence electrons. The molecule has 2 heteroatoms. The fourth-order valence-electron chi connectivity index (χ4n) is 1.77. The zero-order valence-corrected chi connectivity index (χ0v) is 11.3. The summed E-state index contributed by atoms with van der Waals surface area (Å²) in [5, 5.41) is 0. The summed E-state index contributed by atoms with van der Waals surface area (Å²) >= 11 is 5.32. The van der Waals surface area contributed by atoms with Crippen LogP contribution < -0.4 is 0 Å². The fourth-order valence-corrected chi connectivity index (χ4v) is 4.14. The summed E-state index contributed by atoms with van der Waals surface area (Å²) in [4.78, 5) is 1.18. The molecule has 1 atom stereocenters. The minimum absolute atomic E-state index is 0.0109. The zero-order chi connectivity index (χ0) is 10.2. The van der Waals surface area contributed by atoms with Crippen molar-refractivity contribution in [1.29, 1.82) is 0 Å². The summed E-state index contributed by atoms with van der Waals surface area (Å²) < 4.78 is 0. The third kappa shape index (κ3) is 4.34. The van der Waals surface area contributed by atoms with Crippen molar-refractivity contribution in [3.8, 4) is 0 Å². The molecule has 1 unspecified atom stereocenters. The van der Waals surface area contributed by atoms with Crippen LogP contribution in [0.2, 0.25) is 11.6 Å². The molecule has 0 aromatic heterocycles. The molecule has 1 aliphatic rings. The molecule has 0 radical (unpaired) electrons. The number of unbranched alkanes of at least 4 members (excludes halogenated alkanes) is 3. The van der Waals surface area contributed by atoms with Crippen LogP contribution >= 0.6 is 12.2 Å². The van der Waals surface area contributed by atoms with Crippen molar-refractivity contribution in [2.24, 2.45) is 0 Å². The number of hydrogen-bond acceptors (Lipinski definition) is 1. The highest BCUT2D eigenvalue weighted by molar-refractivity contribution is 7.81. The highest BCUT2D eigenvalue weighted by Crippen LogP contribution is 2.17. The van der Waals surface area contributed by atoms with Crippen LogP contribution in [0.5, 0.6) is 0 Å². The SMILES string of the molecule is CCCCCC[SiH2]C1C=CC=CC1=S. The quantitative estimate of drug-likeness (QED) is 0.378. The van der Waals surface area contributed by atoms with Gasteiger partial charge in [0.25, 0.3) is 0 Å². The van der Waals surface area contributed by atoms with Gasteiger partial charge in [0, 0.05) is 19.9 Å². The molecular formula is C12H20SSi. The van der Waals surface area contributed by atoms with Crippen molar-refractivity contribution in [1.82, 2.24) is 0 Å². The van der Waals surface area contributed by atoms with E-state index in [0.29, 0.717) is 5.54 Å². The molecule has 1 aliphatic carbocycles. The Hall–Kier alpha value is -0.213. The van der Waals surface area contributed by atoms with E-state index in [0.717, 1.165) is 0 Å². The minimum Gasteiger partial charge on any atom is -0.0846 e. The molecule has 0 fully saturated rings. The van der Waals surface area contributed by atoms with Crippen molar-refractivity contribution in [3.05, 3.63) is 24.3 Å². The molecule has 0 nitrogen and oxygen atoms in total. The lowest BCUT2D eigenvalue weighted by Gasteiger charge is -2.13. The van der Waals surface area contributed by atoms with Gasteiger partial charge in [0.2, 0.25) is 0 Å². The summed E-state index contributed by atoms with van der Waals surface area (Å²) in [5.74, 6) is 0. The van der Waals surface area contributed by atoms with E-state index in [4.69, 9.17) is 12.2 Å². The van der Waals surface area contributed by atoms with Crippen LogP contribution in [0.25, 0.3) is 0 Å². The standard InChI is InChI=1S/C12H20SSi/c1-2-3-4-7-10-14-12-9-6-5-8-11(12)13/h5-6,8-9,12H,2-4,7,10,14H2,1H3. The zero-order valence-electron chi connectivity index (χ0n) is 9.04. The highest BCUT2D eigenvalue weighted by atomic mass is 32.1. The van der Waals surface area contributed by atoms with E-state index in [1.165, 1.54) is 36.6 Å². The predicted molar refractivity (Wildman–Crippen MR) is 72.1 cm³/mol. The first kappa shape index (κ1) is 11.9. The van der Waals surface area contributed by atoms with Gasteiger partial charge in [0.1, 0.15) is 0 Å². The first-order chi connectivity index (χ1) is 6.84. The molecule has 0 N–H and O–H groups in total. The summed E-state index contributed by atoms with van der Waals surface area (Å²) in [6, 6.07) is 1.46. The second kappa shape index (κ2) is 7.13. The maximum atomic E-state index is 5.32. The maximum Gasteiger partial charge on any atom is 0.0346 e. The van der Waals surface area contributed by atoms with Gasteiger partial charge >= 0.3 is 0 Å². The lowest BCUT2D eigenvalue weighted by atomic mass is 10.2. The Morgan fingerprint density at radius 1 is 1.29 bits per heavy atom. The Morgan fingerprint density at radius 2 is 2.14 bits per heavy atom. The first-order valence-corrected chi connectivity index (χ1v) is 7.95. The summed E-state index contributed by atoms with van der Waals surface area (Å²) in [7, 11) is 0.0109. The van der Waals surface area contributed by atoms with Gasteiger partial charge in [-0.3, -0.25) is 0 Å². The normalized spacial score (nSPS) is 21.2. The van der Waals surface area contributed by atoms with Crippen molar-refractivity contribution >= 4 is 26.6 Å². The Kier molecular flexibility index (Phi) is 6.04. The van der Waals surface area contributed by atoms with E-state index in [1.54, 1.807) is 0 Å². The average molecular weight is 224 g/mol. The van der Waals surface area contributed by atoms with Gasteiger partial charge in [-0.15, -0.1) is 0 Å². The van der Waals surface area contributed by atoms with Gasteiger partial charge in [-0.2, -0.15) is 0 Å². The van der Waals surface area contributed by atoms with E-state index < -0.39 is 0 Å². The van der Waals surface area contributed by atoms with E-state index >= 15 is 0 Å². The van der Waals surface area contributed by atoms with Gasteiger partial charge in [0.15, 0.2) is 0 Å². The molecule has 0 saturated heterocycles. The second-order valence-corrected chi connectivity index (χ2v) is 6.59. The molecule has 0 aromatic carbocycles. The van der Waals surface area contributed by atoms with E-state index in [1.807, 2.05) is 0 Å². The molecule has 0 heterocycles. The molecular weight excluding hydrogens is 204 g/mol. The second-order valence-electron chi connectivity index (χ2n) is 3.96. The van der Waals surface area contributed by atoms with Crippen molar-refractivity contribution < 1.29 is 0 Å². The average Bonchev–Trinajstić information content (AvgIpc) is 2.20. The Morgan fingerprint density at radius 3 is 2.86 bits per heavy atom. The Bertz CT molecular complexity index is 230. The van der Waals surface area contributed by atoms with Crippen LogP contribution in [-0.4, -0.2) is 14.4 Å². The van der Waals surface area contributed by atoms with Crippen LogP contribution in [0.1, 0.15) is 32.6 Å². The van der Waals surface area contributed by atoms with Gasteiger partial charge < -0.3 is 0 Å². The molecule has 0 bridgehead atoms. The van der Waals surface area contributed by atoms with E-state index in [9.17, 15) is 0 Å².